The highest BCUT2D eigenvalue weighted by Gasteiger charge is 2.39. The lowest BCUT2D eigenvalue weighted by Gasteiger charge is -2.27. The van der Waals surface area contributed by atoms with Crippen LogP contribution in [0, 0.1) is 23.1 Å². The van der Waals surface area contributed by atoms with Crippen LogP contribution in [0.1, 0.15) is 44.2 Å². The maximum atomic E-state index is 13.5. The minimum Gasteiger partial charge on any atom is -0.212 e. The van der Waals surface area contributed by atoms with Gasteiger partial charge in [-0.05, 0) is 42.9 Å². The topological polar surface area (TPSA) is 61.2 Å². The lowest BCUT2D eigenvalue weighted by atomic mass is 9.96. The molecule has 0 unspecified atom stereocenters. The second-order valence-electron chi connectivity index (χ2n) is 5.81. The van der Waals surface area contributed by atoms with Crippen LogP contribution in [0.3, 0.4) is 0 Å². The van der Waals surface area contributed by atoms with Crippen molar-refractivity contribution >= 4 is 10.0 Å². The van der Waals surface area contributed by atoms with Gasteiger partial charge in [-0.2, -0.15) is 9.57 Å². The Balaban J connectivity index is 2.17. The van der Waals surface area contributed by atoms with Crippen molar-refractivity contribution in [2.75, 3.05) is 12.3 Å². The first-order chi connectivity index (χ1) is 10.5. The quantitative estimate of drug-likeness (QED) is 0.755. The predicted molar refractivity (Wildman–Crippen MR) is 82.9 cm³/mol. The zero-order valence-electron chi connectivity index (χ0n) is 12.7. The Hall–Kier alpha value is -1.45. The van der Waals surface area contributed by atoms with Crippen molar-refractivity contribution in [3.05, 3.63) is 35.6 Å². The van der Waals surface area contributed by atoms with Crippen LogP contribution >= 0.6 is 0 Å². The minimum atomic E-state index is -3.38. The molecule has 0 radical (unpaired) electrons. The van der Waals surface area contributed by atoms with E-state index in [9.17, 15) is 12.8 Å². The van der Waals surface area contributed by atoms with E-state index in [0.717, 1.165) is 6.42 Å². The molecule has 0 aliphatic carbocycles. The number of benzene rings is 1. The predicted octanol–water partition coefficient (Wildman–Crippen LogP) is 3.23. The van der Waals surface area contributed by atoms with Crippen molar-refractivity contribution in [1.82, 2.24) is 4.31 Å². The zero-order valence-corrected chi connectivity index (χ0v) is 13.5. The molecule has 0 bridgehead atoms. The van der Waals surface area contributed by atoms with E-state index in [1.54, 1.807) is 12.1 Å². The van der Waals surface area contributed by atoms with Gasteiger partial charge in [-0.1, -0.05) is 19.1 Å². The number of sulfonamides is 1. The molecule has 0 saturated carbocycles. The molecule has 6 heteroatoms. The van der Waals surface area contributed by atoms with Gasteiger partial charge in [0.15, 0.2) is 0 Å². The van der Waals surface area contributed by atoms with Crippen molar-refractivity contribution in [2.45, 2.75) is 38.6 Å². The third-order valence-corrected chi connectivity index (χ3v) is 6.07. The van der Waals surface area contributed by atoms with Gasteiger partial charge in [0, 0.05) is 13.0 Å². The van der Waals surface area contributed by atoms with Gasteiger partial charge < -0.3 is 0 Å². The Kier molecular flexibility index (Phi) is 5.54. The molecular formula is C16H21FN2O2S. The van der Waals surface area contributed by atoms with E-state index in [2.05, 4.69) is 0 Å². The largest absolute Gasteiger partial charge is 0.214 e. The average Bonchev–Trinajstić information content (AvgIpc) is 2.86. The summed E-state index contributed by atoms with van der Waals surface area (Å²) in [5.41, 5.74) is 0.714. The number of nitriles is 1. The van der Waals surface area contributed by atoms with Crippen LogP contribution in [0.2, 0.25) is 0 Å². The molecule has 1 aromatic rings. The summed E-state index contributed by atoms with van der Waals surface area (Å²) in [7, 11) is -3.38. The zero-order chi connectivity index (χ0) is 16.2. The standard InChI is InChI=1S/C16H21FN2O2S/c1-13-8-10-19(22(20,21)11-4-2-3-9-18)16(13)14-6-5-7-15(17)12-14/h5-7,12-13,16H,2-4,8,10-11H2,1H3/t13-,16+/m0/s1. The third-order valence-electron chi connectivity index (χ3n) is 4.14. The Bertz CT molecular complexity index is 654. The molecule has 1 fully saturated rings. The van der Waals surface area contributed by atoms with Crippen molar-refractivity contribution in [2.24, 2.45) is 5.92 Å². The van der Waals surface area contributed by atoms with Gasteiger partial charge in [0.05, 0.1) is 17.9 Å². The Morgan fingerprint density at radius 2 is 2.18 bits per heavy atom. The third kappa shape index (κ3) is 3.84. The lowest BCUT2D eigenvalue weighted by molar-refractivity contribution is 0.355. The molecular weight excluding hydrogens is 303 g/mol. The number of hydrogen-bond donors (Lipinski definition) is 0. The number of nitrogens with zero attached hydrogens (tertiary/aromatic N) is 2. The van der Waals surface area contributed by atoms with Gasteiger partial charge >= 0.3 is 0 Å². The van der Waals surface area contributed by atoms with Gasteiger partial charge in [-0.25, -0.2) is 12.8 Å². The summed E-state index contributed by atoms with van der Waals surface area (Å²) in [6.07, 6.45) is 2.22. The smallest absolute Gasteiger partial charge is 0.212 e. The van der Waals surface area contributed by atoms with E-state index in [0.29, 0.717) is 31.4 Å². The van der Waals surface area contributed by atoms with Crippen LogP contribution in [0.4, 0.5) is 4.39 Å². The van der Waals surface area contributed by atoms with Crippen LogP contribution in [-0.4, -0.2) is 25.0 Å². The fraction of sp³-hybridized carbons (Fsp3) is 0.562. The van der Waals surface area contributed by atoms with Gasteiger partial charge in [0.2, 0.25) is 10.0 Å². The van der Waals surface area contributed by atoms with Gasteiger partial charge in [0.25, 0.3) is 0 Å². The molecule has 1 saturated heterocycles. The van der Waals surface area contributed by atoms with Gasteiger partial charge in [-0.15, -0.1) is 0 Å². The maximum absolute atomic E-state index is 13.5. The SMILES string of the molecule is C[C@H]1CCN(S(=O)(=O)CCCCC#N)[C@H]1c1cccc(F)c1. The Labute approximate surface area is 131 Å². The highest BCUT2D eigenvalue weighted by atomic mass is 32.2. The summed E-state index contributed by atoms with van der Waals surface area (Å²) in [6.45, 7) is 2.48. The molecule has 0 aromatic heterocycles. The monoisotopic (exact) mass is 324 g/mol. The molecule has 1 aliphatic heterocycles. The van der Waals surface area contributed by atoms with E-state index in [1.165, 1.54) is 16.4 Å². The molecule has 0 spiro atoms. The number of hydrogen-bond acceptors (Lipinski definition) is 3. The van der Waals surface area contributed by atoms with Crippen molar-refractivity contribution < 1.29 is 12.8 Å². The Morgan fingerprint density at radius 3 is 2.86 bits per heavy atom. The summed E-state index contributed by atoms with van der Waals surface area (Å²) in [5, 5.41) is 8.51. The van der Waals surface area contributed by atoms with Crippen LogP contribution in [0.5, 0.6) is 0 Å². The maximum Gasteiger partial charge on any atom is 0.214 e. The van der Waals surface area contributed by atoms with E-state index < -0.39 is 10.0 Å². The first-order valence-corrected chi connectivity index (χ1v) is 9.18. The van der Waals surface area contributed by atoms with Gasteiger partial charge in [0.1, 0.15) is 5.82 Å². The number of rotatable bonds is 6. The molecule has 120 valence electrons. The molecule has 1 aromatic carbocycles. The molecule has 1 aliphatic rings. The highest BCUT2D eigenvalue weighted by Crippen LogP contribution is 2.39. The molecule has 2 rings (SSSR count). The van der Waals surface area contributed by atoms with Crippen LogP contribution in [0.25, 0.3) is 0 Å². The van der Waals surface area contributed by atoms with Gasteiger partial charge in [-0.3, -0.25) is 0 Å². The molecule has 0 N–H and O–H groups in total. The lowest BCUT2D eigenvalue weighted by Crippen LogP contribution is -2.33. The minimum absolute atomic E-state index is 0.0488. The number of halogens is 1. The second kappa shape index (κ2) is 7.21. The average molecular weight is 324 g/mol. The van der Waals surface area contributed by atoms with Crippen molar-refractivity contribution in [3.63, 3.8) is 0 Å². The highest BCUT2D eigenvalue weighted by molar-refractivity contribution is 7.89. The first kappa shape index (κ1) is 16.9. The summed E-state index contributed by atoms with van der Waals surface area (Å²) in [6, 6.07) is 7.92. The summed E-state index contributed by atoms with van der Waals surface area (Å²) < 4.78 is 40.1. The molecule has 0 amide bonds. The summed E-state index contributed by atoms with van der Waals surface area (Å²) in [4.78, 5) is 0. The van der Waals surface area contributed by atoms with E-state index in [-0.39, 0.29) is 23.5 Å². The van der Waals surface area contributed by atoms with Crippen LogP contribution in [0.15, 0.2) is 24.3 Å². The van der Waals surface area contributed by atoms with Crippen LogP contribution < -0.4 is 0 Å². The van der Waals surface area contributed by atoms with E-state index in [1.807, 2.05) is 13.0 Å². The first-order valence-electron chi connectivity index (χ1n) is 7.57. The summed E-state index contributed by atoms with van der Waals surface area (Å²) in [5.74, 6) is -0.133. The fourth-order valence-electron chi connectivity index (χ4n) is 3.01. The van der Waals surface area contributed by atoms with E-state index in [4.69, 9.17) is 5.26 Å². The Morgan fingerprint density at radius 1 is 1.41 bits per heavy atom. The number of unbranched alkanes of at least 4 members (excludes halogenated alkanes) is 2. The van der Waals surface area contributed by atoms with Crippen molar-refractivity contribution in [1.29, 1.82) is 5.26 Å². The van der Waals surface area contributed by atoms with E-state index >= 15 is 0 Å². The summed E-state index contributed by atoms with van der Waals surface area (Å²) >= 11 is 0. The fourth-order valence-corrected chi connectivity index (χ4v) is 4.88. The normalized spacial score (nSPS) is 22.6. The molecule has 2 atom stereocenters. The van der Waals surface area contributed by atoms with Crippen LogP contribution in [-0.2, 0) is 10.0 Å². The van der Waals surface area contributed by atoms with Crippen molar-refractivity contribution in [3.8, 4) is 6.07 Å². The molecule has 22 heavy (non-hydrogen) atoms. The molecule has 1 heterocycles. The molecule has 4 nitrogen and oxygen atoms in total. The second-order valence-corrected chi connectivity index (χ2v) is 7.85.